The Bertz CT molecular complexity index is 1760. The van der Waals surface area contributed by atoms with E-state index >= 15 is 0 Å². The molecule has 0 amide bonds. The minimum atomic E-state index is -0.911. The molecule has 1 heterocycles. The number of hydrogen-bond donors (Lipinski definition) is 0. The third-order valence-electron chi connectivity index (χ3n) is 8.11. The molecule has 0 unspecified atom stereocenters. The topological polar surface area (TPSA) is 9.23 Å². The molecule has 0 spiro atoms. The molecular weight excluding hydrogens is 546 g/mol. The molecule has 0 aliphatic carbocycles. The van der Waals surface area contributed by atoms with E-state index in [9.17, 15) is 0 Å². The summed E-state index contributed by atoms with van der Waals surface area (Å²) in [5, 5.41) is 8.31. The van der Waals surface area contributed by atoms with Gasteiger partial charge < -0.3 is 4.74 Å². The summed E-state index contributed by atoms with van der Waals surface area (Å²) in [6.07, 6.45) is 0. The standard InChI is InChI=1S/C39H32OP2/c1-28-29(2)38(41(31-18-7-3-8-19-31)32-20-9-4-10-21-32)39(36-35-26-16-15-17-30(35)27-40-37(28)36)42(33-22-11-5-12-23-33)34-24-13-6-14-25-34/h3-26H,27H2,1-2H3. The van der Waals surface area contributed by atoms with E-state index in [0.717, 1.165) is 5.75 Å². The number of benzene rings is 6. The second-order valence-electron chi connectivity index (χ2n) is 10.6. The van der Waals surface area contributed by atoms with Crippen molar-refractivity contribution in [1.29, 1.82) is 0 Å². The van der Waals surface area contributed by atoms with E-state index in [1.165, 1.54) is 59.6 Å². The van der Waals surface area contributed by atoms with E-state index in [1.54, 1.807) is 0 Å². The van der Waals surface area contributed by atoms with Gasteiger partial charge in [-0.25, -0.2) is 0 Å². The summed E-state index contributed by atoms with van der Waals surface area (Å²) in [6, 6.07) is 53.3. The average Bonchev–Trinajstić information content (AvgIpc) is 3.06. The zero-order valence-electron chi connectivity index (χ0n) is 23.9. The van der Waals surface area contributed by atoms with E-state index < -0.39 is 15.8 Å². The zero-order chi connectivity index (χ0) is 28.5. The van der Waals surface area contributed by atoms with Crippen LogP contribution < -0.4 is 36.6 Å². The monoisotopic (exact) mass is 578 g/mol. The Morgan fingerprint density at radius 3 is 1.33 bits per heavy atom. The molecule has 6 aromatic rings. The summed E-state index contributed by atoms with van der Waals surface area (Å²) in [5.74, 6) is 1.04. The fraction of sp³-hybridized carbons (Fsp3) is 0.0769. The molecule has 6 aromatic carbocycles. The van der Waals surface area contributed by atoms with E-state index in [2.05, 4.69) is 159 Å². The van der Waals surface area contributed by atoms with Crippen LogP contribution >= 0.6 is 15.8 Å². The molecule has 42 heavy (non-hydrogen) atoms. The molecule has 0 saturated heterocycles. The van der Waals surface area contributed by atoms with Crippen LogP contribution in [0.1, 0.15) is 16.7 Å². The number of fused-ring (bicyclic) bond motifs is 3. The fourth-order valence-electron chi connectivity index (χ4n) is 6.02. The molecule has 1 aliphatic rings. The summed E-state index contributed by atoms with van der Waals surface area (Å²) in [5.41, 5.74) is 6.40. The summed E-state index contributed by atoms with van der Waals surface area (Å²) in [6.45, 7) is 5.18. The molecule has 1 nitrogen and oxygen atoms in total. The molecule has 7 rings (SSSR count). The van der Waals surface area contributed by atoms with Gasteiger partial charge in [0.25, 0.3) is 0 Å². The van der Waals surface area contributed by atoms with Crippen molar-refractivity contribution in [2.45, 2.75) is 20.5 Å². The maximum absolute atomic E-state index is 6.69. The Hall–Kier alpha value is -4.02. The largest absolute Gasteiger partial charge is 0.488 e. The molecule has 0 radical (unpaired) electrons. The molecule has 3 heteroatoms. The van der Waals surface area contributed by atoms with Crippen LogP contribution in [-0.4, -0.2) is 0 Å². The van der Waals surface area contributed by atoms with Crippen molar-refractivity contribution in [1.82, 2.24) is 0 Å². The SMILES string of the molecule is Cc1c(C)c(P(c2ccccc2)c2ccccc2)c(P(c2ccccc2)c2ccccc2)c2c1OCc1ccccc1-2. The summed E-state index contributed by atoms with van der Waals surface area (Å²) < 4.78 is 6.69. The second kappa shape index (κ2) is 11.7. The van der Waals surface area contributed by atoms with Crippen LogP contribution in [0.5, 0.6) is 5.75 Å². The van der Waals surface area contributed by atoms with Crippen molar-refractivity contribution in [3.05, 3.63) is 162 Å². The molecule has 0 fully saturated rings. The highest BCUT2D eigenvalue weighted by Crippen LogP contribution is 2.49. The van der Waals surface area contributed by atoms with Crippen LogP contribution in [0.2, 0.25) is 0 Å². The maximum Gasteiger partial charge on any atom is 0.131 e. The van der Waals surface area contributed by atoms with Crippen LogP contribution in [0.4, 0.5) is 0 Å². The van der Waals surface area contributed by atoms with Crippen LogP contribution in [0.3, 0.4) is 0 Å². The lowest BCUT2D eigenvalue weighted by Gasteiger charge is -2.35. The van der Waals surface area contributed by atoms with Gasteiger partial charge in [0, 0.05) is 10.9 Å². The second-order valence-corrected chi connectivity index (χ2v) is 14.9. The van der Waals surface area contributed by atoms with Crippen LogP contribution in [0.25, 0.3) is 11.1 Å². The number of ether oxygens (including phenoxy) is 1. The van der Waals surface area contributed by atoms with Gasteiger partial charge in [0.05, 0.1) is 0 Å². The van der Waals surface area contributed by atoms with Gasteiger partial charge in [0.1, 0.15) is 12.4 Å². The van der Waals surface area contributed by atoms with Gasteiger partial charge in [0.15, 0.2) is 0 Å². The zero-order valence-corrected chi connectivity index (χ0v) is 25.7. The normalized spacial score (nSPS) is 12.1. The Morgan fingerprint density at radius 2 is 0.857 bits per heavy atom. The Kier molecular flexibility index (Phi) is 7.48. The van der Waals surface area contributed by atoms with E-state index in [0.29, 0.717) is 6.61 Å². The van der Waals surface area contributed by atoms with Crippen LogP contribution in [-0.2, 0) is 6.61 Å². The van der Waals surface area contributed by atoms with Gasteiger partial charge in [0.2, 0.25) is 0 Å². The van der Waals surface area contributed by atoms with Gasteiger partial charge in [-0.15, -0.1) is 0 Å². The Morgan fingerprint density at radius 1 is 0.452 bits per heavy atom. The molecule has 0 N–H and O–H groups in total. The van der Waals surface area contributed by atoms with E-state index in [4.69, 9.17) is 4.74 Å². The molecule has 0 saturated carbocycles. The first kappa shape index (κ1) is 26.9. The van der Waals surface area contributed by atoms with Gasteiger partial charge in [-0.2, -0.15) is 0 Å². The molecule has 204 valence electrons. The molecule has 0 aromatic heterocycles. The van der Waals surface area contributed by atoms with Crippen molar-refractivity contribution in [2.24, 2.45) is 0 Å². The first-order chi connectivity index (χ1) is 20.7. The fourth-order valence-corrected chi connectivity index (χ4v) is 11.8. The van der Waals surface area contributed by atoms with Crippen molar-refractivity contribution >= 4 is 47.7 Å². The Labute approximate surface area is 251 Å². The highest BCUT2D eigenvalue weighted by atomic mass is 31.1. The molecule has 1 aliphatic heterocycles. The van der Waals surface area contributed by atoms with E-state index in [1.807, 2.05) is 0 Å². The minimum Gasteiger partial charge on any atom is -0.488 e. The number of hydrogen-bond acceptors (Lipinski definition) is 1. The lowest BCUT2D eigenvalue weighted by molar-refractivity contribution is 0.300. The maximum atomic E-state index is 6.69. The average molecular weight is 579 g/mol. The summed E-state index contributed by atoms with van der Waals surface area (Å²) in [4.78, 5) is 0. The third kappa shape index (κ3) is 4.78. The van der Waals surface area contributed by atoms with Crippen LogP contribution in [0.15, 0.2) is 146 Å². The first-order valence-corrected chi connectivity index (χ1v) is 17.1. The summed E-state index contributed by atoms with van der Waals surface area (Å²) >= 11 is 0. The van der Waals surface area contributed by atoms with Gasteiger partial charge in [-0.1, -0.05) is 146 Å². The minimum absolute atomic E-state index is 0.600. The predicted molar refractivity (Wildman–Crippen MR) is 183 cm³/mol. The molecule has 0 bridgehead atoms. The summed E-state index contributed by atoms with van der Waals surface area (Å²) in [7, 11) is -1.77. The lowest BCUT2D eigenvalue weighted by Crippen LogP contribution is -2.39. The van der Waals surface area contributed by atoms with E-state index in [-0.39, 0.29) is 0 Å². The van der Waals surface area contributed by atoms with Gasteiger partial charge in [-0.3, -0.25) is 0 Å². The van der Waals surface area contributed by atoms with Crippen molar-refractivity contribution in [3.63, 3.8) is 0 Å². The smallest absolute Gasteiger partial charge is 0.131 e. The Balaban J connectivity index is 1.67. The van der Waals surface area contributed by atoms with Crippen molar-refractivity contribution in [2.75, 3.05) is 0 Å². The number of rotatable bonds is 6. The highest BCUT2D eigenvalue weighted by molar-refractivity contribution is 7.85. The molecular formula is C39H32OP2. The van der Waals surface area contributed by atoms with Crippen LogP contribution in [0, 0.1) is 13.8 Å². The quantitative estimate of drug-likeness (QED) is 0.188. The highest BCUT2D eigenvalue weighted by Gasteiger charge is 2.35. The van der Waals surface area contributed by atoms with Crippen molar-refractivity contribution < 1.29 is 4.74 Å². The first-order valence-electron chi connectivity index (χ1n) is 14.4. The third-order valence-corrected chi connectivity index (χ3v) is 13.4. The van der Waals surface area contributed by atoms with Gasteiger partial charge >= 0.3 is 0 Å². The predicted octanol–water partition coefficient (Wildman–Crippen LogP) is 7.38. The molecule has 0 atom stereocenters. The lowest BCUT2D eigenvalue weighted by atomic mass is 9.93. The van der Waals surface area contributed by atoms with Gasteiger partial charge in [-0.05, 0) is 78.5 Å². The van der Waals surface area contributed by atoms with Crippen molar-refractivity contribution in [3.8, 4) is 16.9 Å².